The van der Waals surface area contributed by atoms with E-state index in [-0.39, 0.29) is 0 Å². The van der Waals surface area contributed by atoms with Crippen molar-refractivity contribution in [3.63, 3.8) is 0 Å². The number of rotatable bonds is 1. The van der Waals surface area contributed by atoms with Crippen LogP contribution in [0.3, 0.4) is 0 Å². The third kappa shape index (κ3) is 1.71. The first kappa shape index (κ1) is 10.4. The number of thioether (sulfide) groups is 1. The number of hydrogen-bond acceptors (Lipinski definition) is 8. The second kappa shape index (κ2) is 3.80. The molecule has 0 radical (unpaired) electrons. The summed E-state index contributed by atoms with van der Waals surface area (Å²) in [5.74, 6) is 0.847. The van der Waals surface area contributed by atoms with Crippen LogP contribution in [0.1, 0.15) is 0 Å². The normalized spacial score (nSPS) is 24.7. The van der Waals surface area contributed by atoms with Crippen molar-refractivity contribution in [1.29, 1.82) is 0 Å². The fraction of sp³-hybridized carbons (Fsp3) is 0.571. The SMILES string of the molecule is CSc1nnc2c(n1)NC(O)C(O)N2C. The van der Waals surface area contributed by atoms with Gasteiger partial charge in [0.25, 0.3) is 0 Å². The first-order valence-electron chi connectivity index (χ1n) is 4.27. The van der Waals surface area contributed by atoms with Gasteiger partial charge < -0.3 is 20.4 Å². The maximum Gasteiger partial charge on any atom is 0.210 e. The number of nitrogens with one attached hydrogen (secondary N) is 1. The summed E-state index contributed by atoms with van der Waals surface area (Å²) in [6.45, 7) is 0. The number of aromatic nitrogens is 3. The minimum Gasteiger partial charge on any atom is -0.369 e. The molecule has 82 valence electrons. The lowest BCUT2D eigenvalue weighted by Gasteiger charge is -2.34. The van der Waals surface area contributed by atoms with E-state index in [2.05, 4.69) is 20.5 Å². The van der Waals surface area contributed by atoms with Gasteiger partial charge >= 0.3 is 0 Å². The van der Waals surface area contributed by atoms with Gasteiger partial charge in [-0.3, -0.25) is 0 Å². The Morgan fingerprint density at radius 1 is 1.40 bits per heavy atom. The largest absolute Gasteiger partial charge is 0.369 e. The van der Waals surface area contributed by atoms with E-state index in [1.165, 1.54) is 16.7 Å². The van der Waals surface area contributed by atoms with Crippen molar-refractivity contribution in [2.75, 3.05) is 23.5 Å². The summed E-state index contributed by atoms with van der Waals surface area (Å²) in [7, 11) is 1.61. The van der Waals surface area contributed by atoms with Crippen molar-refractivity contribution in [1.82, 2.24) is 15.2 Å². The van der Waals surface area contributed by atoms with Crippen molar-refractivity contribution < 1.29 is 10.2 Å². The standard InChI is InChI=1S/C7H11N5O2S/c1-12-4-3(8-5(13)6(12)14)9-7(15-2)11-10-4/h5-6,13-14H,1-2H3,(H,8,9,11). The van der Waals surface area contributed by atoms with Crippen LogP contribution in [0.25, 0.3) is 0 Å². The van der Waals surface area contributed by atoms with E-state index in [9.17, 15) is 10.2 Å². The maximum atomic E-state index is 9.53. The molecule has 2 heterocycles. The summed E-state index contributed by atoms with van der Waals surface area (Å²) >= 11 is 1.36. The first-order valence-corrected chi connectivity index (χ1v) is 5.50. The molecule has 7 nitrogen and oxygen atoms in total. The van der Waals surface area contributed by atoms with E-state index in [1.807, 2.05) is 6.26 Å². The smallest absolute Gasteiger partial charge is 0.210 e. The molecule has 2 atom stereocenters. The molecule has 1 aliphatic heterocycles. The van der Waals surface area contributed by atoms with Crippen LogP contribution in [-0.2, 0) is 0 Å². The molecule has 0 bridgehead atoms. The molecule has 0 saturated heterocycles. The van der Waals surface area contributed by atoms with Crippen LogP contribution in [0.4, 0.5) is 11.6 Å². The maximum absolute atomic E-state index is 9.53. The van der Waals surface area contributed by atoms with Crippen LogP contribution in [-0.4, -0.2) is 51.2 Å². The number of likely N-dealkylation sites (N-methyl/N-ethyl adjacent to an activating group) is 1. The van der Waals surface area contributed by atoms with Gasteiger partial charge in [-0.1, -0.05) is 11.8 Å². The van der Waals surface area contributed by atoms with Gasteiger partial charge in [0.05, 0.1) is 0 Å². The zero-order valence-electron chi connectivity index (χ0n) is 8.25. The Morgan fingerprint density at radius 2 is 2.13 bits per heavy atom. The minimum absolute atomic E-state index is 0.422. The third-order valence-electron chi connectivity index (χ3n) is 2.13. The molecule has 8 heteroatoms. The Balaban J connectivity index is 2.41. The lowest BCUT2D eigenvalue weighted by Crippen LogP contribution is -2.49. The third-order valence-corrected chi connectivity index (χ3v) is 2.67. The minimum atomic E-state index is -1.08. The molecular weight excluding hydrogens is 218 g/mol. The summed E-state index contributed by atoms with van der Waals surface area (Å²) in [4.78, 5) is 5.55. The number of hydrogen-bond donors (Lipinski definition) is 3. The van der Waals surface area contributed by atoms with Crippen LogP contribution in [0.5, 0.6) is 0 Å². The van der Waals surface area contributed by atoms with E-state index >= 15 is 0 Å². The van der Waals surface area contributed by atoms with Gasteiger partial charge in [-0.2, -0.15) is 4.98 Å². The Kier molecular flexibility index (Phi) is 2.63. The highest BCUT2D eigenvalue weighted by molar-refractivity contribution is 7.98. The van der Waals surface area contributed by atoms with Crippen LogP contribution in [0.15, 0.2) is 5.16 Å². The van der Waals surface area contributed by atoms with Gasteiger partial charge in [-0.25, -0.2) is 0 Å². The van der Waals surface area contributed by atoms with Gasteiger partial charge in [0.15, 0.2) is 24.1 Å². The predicted octanol–water partition coefficient (Wildman–Crippen LogP) is -0.908. The van der Waals surface area contributed by atoms with Crippen LogP contribution in [0, 0.1) is 0 Å². The van der Waals surface area contributed by atoms with E-state index in [1.54, 1.807) is 7.05 Å². The number of aliphatic hydroxyl groups is 2. The number of nitrogens with zero attached hydrogens (tertiary/aromatic N) is 4. The fourth-order valence-corrected chi connectivity index (χ4v) is 1.58. The molecule has 1 aromatic rings. The van der Waals surface area contributed by atoms with Crippen molar-refractivity contribution in [3.8, 4) is 0 Å². The zero-order valence-corrected chi connectivity index (χ0v) is 9.06. The molecule has 15 heavy (non-hydrogen) atoms. The Morgan fingerprint density at radius 3 is 2.80 bits per heavy atom. The van der Waals surface area contributed by atoms with Gasteiger partial charge in [0, 0.05) is 7.05 Å². The van der Waals surface area contributed by atoms with Gasteiger partial charge in [0.2, 0.25) is 5.16 Å². The zero-order chi connectivity index (χ0) is 11.0. The number of fused-ring (bicyclic) bond motifs is 1. The molecule has 1 aliphatic rings. The highest BCUT2D eigenvalue weighted by Crippen LogP contribution is 2.27. The van der Waals surface area contributed by atoms with Gasteiger partial charge in [-0.05, 0) is 6.26 Å². The molecule has 0 aromatic carbocycles. The molecule has 2 unspecified atom stereocenters. The summed E-state index contributed by atoms with van der Waals surface area (Å²) in [6.07, 6.45) is -0.288. The summed E-state index contributed by atoms with van der Waals surface area (Å²) in [5.41, 5.74) is 0. The average Bonchev–Trinajstić information content (AvgIpc) is 2.25. The van der Waals surface area contributed by atoms with Gasteiger partial charge in [-0.15, -0.1) is 10.2 Å². The van der Waals surface area contributed by atoms with Crippen molar-refractivity contribution in [2.24, 2.45) is 0 Å². The Labute approximate surface area is 90.5 Å². The van der Waals surface area contributed by atoms with E-state index < -0.39 is 12.5 Å². The lowest BCUT2D eigenvalue weighted by molar-refractivity contribution is 0.0334. The van der Waals surface area contributed by atoms with E-state index in [0.717, 1.165) is 0 Å². The Hall–Kier alpha value is -1.12. The van der Waals surface area contributed by atoms with Crippen LogP contribution >= 0.6 is 11.8 Å². The molecule has 0 spiro atoms. The highest BCUT2D eigenvalue weighted by Gasteiger charge is 2.31. The number of aliphatic hydroxyl groups excluding tert-OH is 2. The van der Waals surface area contributed by atoms with Gasteiger partial charge in [0.1, 0.15) is 0 Å². The predicted molar refractivity (Wildman–Crippen MR) is 55.6 cm³/mol. The summed E-state index contributed by atoms with van der Waals surface area (Å²) < 4.78 is 0. The van der Waals surface area contributed by atoms with Crippen LogP contribution < -0.4 is 10.2 Å². The average molecular weight is 229 g/mol. The summed E-state index contributed by atoms with van der Waals surface area (Å²) in [6, 6.07) is 0. The molecule has 0 aliphatic carbocycles. The molecular formula is C7H11N5O2S. The monoisotopic (exact) mass is 229 g/mol. The highest BCUT2D eigenvalue weighted by atomic mass is 32.2. The van der Waals surface area contributed by atoms with E-state index in [0.29, 0.717) is 16.8 Å². The fourth-order valence-electron chi connectivity index (χ4n) is 1.28. The van der Waals surface area contributed by atoms with Crippen molar-refractivity contribution in [3.05, 3.63) is 0 Å². The molecule has 0 saturated carbocycles. The molecule has 0 fully saturated rings. The quantitative estimate of drug-likeness (QED) is 0.533. The van der Waals surface area contributed by atoms with Crippen molar-refractivity contribution in [2.45, 2.75) is 17.6 Å². The van der Waals surface area contributed by atoms with Crippen LogP contribution in [0.2, 0.25) is 0 Å². The molecule has 1 aromatic heterocycles. The van der Waals surface area contributed by atoms with Crippen molar-refractivity contribution >= 4 is 23.4 Å². The second-order valence-corrected chi connectivity index (χ2v) is 3.86. The molecule has 3 N–H and O–H groups in total. The second-order valence-electron chi connectivity index (χ2n) is 3.08. The number of anilines is 2. The molecule has 2 rings (SSSR count). The summed E-state index contributed by atoms with van der Waals surface area (Å²) in [5, 5.41) is 29.9. The molecule has 0 amide bonds. The first-order chi connectivity index (χ1) is 7.13. The topological polar surface area (TPSA) is 94.4 Å². The van der Waals surface area contributed by atoms with E-state index in [4.69, 9.17) is 0 Å². The lowest BCUT2D eigenvalue weighted by atomic mass is 10.3. The Bertz CT molecular complexity index is 376.